The fraction of sp³-hybridized carbons (Fsp3) is 0.400. The molecular weight excluding hydrogens is 230 g/mol. The summed E-state index contributed by atoms with van der Waals surface area (Å²) in [4.78, 5) is 10.0. The molecule has 0 aromatic heterocycles. The van der Waals surface area contributed by atoms with E-state index in [1.807, 2.05) is 0 Å². The van der Waals surface area contributed by atoms with Gasteiger partial charge in [0.25, 0.3) is 5.69 Å². The summed E-state index contributed by atoms with van der Waals surface area (Å²) >= 11 is 0. The number of rotatable bonds is 7. The summed E-state index contributed by atoms with van der Waals surface area (Å²) in [6, 6.07) is 3.88. The lowest BCUT2D eigenvalue weighted by Gasteiger charge is -2.11. The Morgan fingerprint density at radius 2 is 1.71 bits per heavy atom. The Morgan fingerprint density at radius 1 is 1.12 bits per heavy atom. The second-order valence-corrected chi connectivity index (χ2v) is 3.03. The lowest BCUT2D eigenvalue weighted by Crippen LogP contribution is -2.06. The number of aliphatic hydroxyl groups excluding tert-OH is 2. The van der Waals surface area contributed by atoms with Crippen molar-refractivity contribution in [1.82, 2.24) is 0 Å². The van der Waals surface area contributed by atoms with E-state index >= 15 is 0 Å². The van der Waals surface area contributed by atoms with Gasteiger partial charge >= 0.3 is 0 Å². The van der Waals surface area contributed by atoms with Gasteiger partial charge in [-0.2, -0.15) is 0 Å². The Balaban J connectivity index is 2.90. The summed E-state index contributed by atoms with van der Waals surface area (Å²) in [6.45, 7) is -0.303. The zero-order valence-electron chi connectivity index (χ0n) is 9.04. The van der Waals surface area contributed by atoms with E-state index in [1.165, 1.54) is 18.2 Å². The normalized spacial score (nSPS) is 10.0. The van der Waals surface area contributed by atoms with E-state index in [-0.39, 0.29) is 43.6 Å². The number of benzene rings is 1. The molecule has 0 aliphatic heterocycles. The van der Waals surface area contributed by atoms with Gasteiger partial charge in [-0.25, -0.2) is 0 Å². The molecule has 0 radical (unpaired) electrons. The molecule has 0 atom stereocenters. The van der Waals surface area contributed by atoms with E-state index in [1.54, 1.807) is 0 Å². The number of hydrogen-bond donors (Lipinski definition) is 2. The second-order valence-electron chi connectivity index (χ2n) is 3.03. The van der Waals surface area contributed by atoms with Crippen LogP contribution in [0.5, 0.6) is 11.5 Å². The molecule has 7 nitrogen and oxygen atoms in total. The largest absolute Gasteiger partial charge is 0.487 e. The molecular formula is C10H13NO6. The minimum Gasteiger partial charge on any atom is -0.487 e. The molecule has 0 spiro atoms. The highest BCUT2D eigenvalue weighted by molar-refractivity contribution is 5.48. The van der Waals surface area contributed by atoms with Crippen molar-refractivity contribution in [1.29, 1.82) is 0 Å². The van der Waals surface area contributed by atoms with Crippen LogP contribution in [0, 0.1) is 10.1 Å². The van der Waals surface area contributed by atoms with E-state index < -0.39 is 4.92 Å². The molecule has 0 aliphatic rings. The number of nitro benzene ring substituents is 1. The number of ether oxygens (including phenoxy) is 2. The van der Waals surface area contributed by atoms with Crippen molar-refractivity contribution in [2.45, 2.75) is 0 Å². The number of nitrogens with zero attached hydrogens (tertiary/aromatic N) is 1. The first-order valence-electron chi connectivity index (χ1n) is 4.94. The maximum atomic E-state index is 10.6. The molecule has 0 amide bonds. The maximum Gasteiger partial charge on any atom is 0.273 e. The predicted molar refractivity (Wildman–Crippen MR) is 58.3 cm³/mol. The first-order valence-corrected chi connectivity index (χ1v) is 4.94. The zero-order chi connectivity index (χ0) is 12.7. The summed E-state index contributed by atoms with van der Waals surface area (Å²) in [5, 5.41) is 27.8. The molecule has 1 rings (SSSR count). The molecule has 2 N–H and O–H groups in total. The first kappa shape index (κ1) is 13.2. The van der Waals surface area contributed by atoms with Crippen molar-refractivity contribution >= 4 is 5.69 Å². The van der Waals surface area contributed by atoms with Gasteiger partial charge in [0.1, 0.15) is 13.2 Å². The van der Waals surface area contributed by atoms with Crippen molar-refractivity contribution < 1.29 is 24.6 Å². The Bertz CT molecular complexity index is 381. The third-order valence-electron chi connectivity index (χ3n) is 1.84. The summed E-state index contributed by atoms with van der Waals surface area (Å²) in [5.41, 5.74) is -0.130. The highest BCUT2D eigenvalue weighted by Crippen LogP contribution is 2.31. The Morgan fingerprint density at radius 3 is 2.24 bits per heavy atom. The van der Waals surface area contributed by atoms with Gasteiger partial charge in [-0.05, 0) is 6.07 Å². The first-order chi connectivity index (χ1) is 8.19. The smallest absolute Gasteiger partial charge is 0.273 e. The van der Waals surface area contributed by atoms with Crippen LogP contribution < -0.4 is 9.47 Å². The fourth-order valence-electron chi connectivity index (χ4n) is 1.15. The van der Waals surface area contributed by atoms with Crippen molar-refractivity contribution in [2.75, 3.05) is 26.4 Å². The van der Waals surface area contributed by atoms with Gasteiger partial charge in [-0.15, -0.1) is 0 Å². The van der Waals surface area contributed by atoms with Crippen LogP contribution in [0.25, 0.3) is 0 Å². The number of non-ortho nitro benzene ring substituents is 1. The molecule has 0 unspecified atom stereocenters. The van der Waals surface area contributed by atoms with Gasteiger partial charge in [0.2, 0.25) is 0 Å². The van der Waals surface area contributed by atoms with Gasteiger partial charge in [0, 0.05) is 6.07 Å². The molecule has 7 heteroatoms. The van der Waals surface area contributed by atoms with Gasteiger partial charge in [-0.3, -0.25) is 10.1 Å². The summed E-state index contributed by atoms with van der Waals surface area (Å²) in [6.07, 6.45) is 0. The molecule has 0 saturated heterocycles. The lowest BCUT2D eigenvalue weighted by atomic mass is 10.3. The van der Waals surface area contributed by atoms with Crippen LogP contribution in [0.4, 0.5) is 5.69 Å². The molecule has 0 fully saturated rings. The fourth-order valence-corrected chi connectivity index (χ4v) is 1.15. The summed E-state index contributed by atoms with van der Waals surface area (Å²) in [7, 11) is 0. The molecule has 0 aliphatic carbocycles. The van der Waals surface area contributed by atoms with Crippen molar-refractivity contribution in [3.8, 4) is 11.5 Å². The Hall–Kier alpha value is -1.86. The van der Waals surface area contributed by atoms with Crippen LogP contribution in [0.1, 0.15) is 0 Å². The predicted octanol–water partition coefficient (Wildman–Crippen LogP) is 0.337. The van der Waals surface area contributed by atoms with E-state index in [2.05, 4.69) is 0 Å². The monoisotopic (exact) mass is 243 g/mol. The summed E-state index contributed by atoms with van der Waals surface area (Å²) < 4.78 is 10.3. The van der Waals surface area contributed by atoms with Crippen molar-refractivity contribution in [3.63, 3.8) is 0 Å². The van der Waals surface area contributed by atoms with Crippen LogP contribution >= 0.6 is 0 Å². The van der Waals surface area contributed by atoms with Crippen LogP contribution in [0.2, 0.25) is 0 Å². The van der Waals surface area contributed by atoms with Crippen LogP contribution in [0.15, 0.2) is 18.2 Å². The molecule has 94 valence electrons. The van der Waals surface area contributed by atoms with E-state index in [9.17, 15) is 10.1 Å². The van der Waals surface area contributed by atoms with Crippen molar-refractivity contribution in [3.05, 3.63) is 28.3 Å². The average Bonchev–Trinajstić information content (AvgIpc) is 2.34. The quantitative estimate of drug-likeness (QED) is 0.528. The molecule has 1 aromatic rings. The highest BCUT2D eigenvalue weighted by atomic mass is 16.6. The number of aliphatic hydroxyl groups is 2. The van der Waals surface area contributed by atoms with Crippen LogP contribution in [-0.4, -0.2) is 41.6 Å². The average molecular weight is 243 g/mol. The van der Waals surface area contributed by atoms with Gasteiger partial charge in [-0.1, -0.05) is 0 Å². The minimum absolute atomic E-state index is 0.0106. The molecule has 0 heterocycles. The Labute approximate surface area is 97.4 Å². The van der Waals surface area contributed by atoms with E-state index in [4.69, 9.17) is 19.7 Å². The lowest BCUT2D eigenvalue weighted by molar-refractivity contribution is -0.385. The van der Waals surface area contributed by atoms with E-state index in [0.717, 1.165) is 0 Å². The SMILES string of the molecule is O=[N+]([O-])c1ccc(OCCO)c(OCCO)c1. The van der Waals surface area contributed by atoms with Crippen LogP contribution in [-0.2, 0) is 0 Å². The van der Waals surface area contributed by atoms with E-state index in [0.29, 0.717) is 0 Å². The Kier molecular flexibility index (Phi) is 5.18. The summed E-state index contributed by atoms with van der Waals surface area (Å²) in [5.74, 6) is 0.458. The van der Waals surface area contributed by atoms with Gasteiger partial charge in [0.05, 0.1) is 24.2 Å². The molecule has 1 aromatic carbocycles. The number of hydrogen-bond acceptors (Lipinski definition) is 6. The third kappa shape index (κ3) is 3.89. The number of nitro groups is 1. The molecule has 0 bridgehead atoms. The minimum atomic E-state index is -0.554. The standard InChI is InChI=1S/C10H13NO6/c12-3-5-16-9-2-1-8(11(14)15)7-10(9)17-6-4-13/h1-2,7,12-13H,3-6H2. The zero-order valence-corrected chi connectivity index (χ0v) is 9.04. The van der Waals surface area contributed by atoms with Crippen LogP contribution in [0.3, 0.4) is 0 Å². The third-order valence-corrected chi connectivity index (χ3v) is 1.84. The van der Waals surface area contributed by atoms with Crippen molar-refractivity contribution in [2.24, 2.45) is 0 Å². The second kappa shape index (κ2) is 6.66. The van der Waals surface area contributed by atoms with Gasteiger partial charge < -0.3 is 19.7 Å². The molecule has 17 heavy (non-hydrogen) atoms. The topological polar surface area (TPSA) is 102 Å². The van der Waals surface area contributed by atoms with Gasteiger partial charge in [0.15, 0.2) is 11.5 Å². The highest BCUT2D eigenvalue weighted by Gasteiger charge is 2.12. The molecule has 0 saturated carbocycles. The maximum absolute atomic E-state index is 10.6.